The van der Waals surface area contributed by atoms with Crippen LogP contribution in [0.4, 0.5) is 5.69 Å². The van der Waals surface area contributed by atoms with Gasteiger partial charge >= 0.3 is 0 Å². The number of amides is 1. The molecule has 1 aliphatic rings. The minimum atomic E-state index is 0. The first kappa shape index (κ1) is 16.9. The summed E-state index contributed by atoms with van der Waals surface area (Å²) in [6, 6.07) is 7.88. The number of halogens is 1. The van der Waals surface area contributed by atoms with Crippen LogP contribution in [-0.2, 0) is 4.79 Å². The fourth-order valence-electron chi connectivity index (χ4n) is 2.62. The van der Waals surface area contributed by atoms with Crippen LogP contribution in [0.25, 0.3) is 11.3 Å². The third-order valence-corrected chi connectivity index (χ3v) is 4.47. The van der Waals surface area contributed by atoms with Gasteiger partial charge in [-0.2, -0.15) is 0 Å². The predicted molar refractivity (Wildman–Crippen MR) is 93.8 cm³/mol. The summed E-state index contributed by atoms with van der Waals surface area (Å²) in [6.45, 7) is 3.97. The molecule has 1 aromatic heterocycles. The van der Waals surface area contributed by atoms with Gasteiger partial charge in [-0.05, 0) is 44.5 Å². The molecule has 1 saturated heterocycles. The fraction of sp³-hybridized carbons (Fsp3) is 0.375. The van der Waals surface area contributed by atoms with Gasteiger partial charge in [-0.1, -0.05) is 12.1 Å². The summed E-state index contributed by atoms with van der Waals surface area (Å²) in [5.41, 5.74) is 2.85. The lowest BCUT2D eigenvalue weighted by Gasteiger charge is -2.10. The van der Waals surface area contributed by atoms with E-state index in [9.17, 15) is 4.79 Å². The van der Waals surface area contributed by atoms with Crippen LogP contribution in [0.1, 0.15) is 17.8 Å². The smallest absolute Gasteiger partial charge is 0.224 e. The zero-order valence-electron chi connectivity index (χ0n) is 12.5. The van der Waals surface area contributed by atoms with E-state index in [1.165, 1.54) is 0 Å². The number of rotatable bonds is 4. The highest BCUT2D eigenvalue weighted by molar-refractivity contribution is 7.09. The van der Waals surface area contributed by atoms with Crippen LogP contribution in [0.5, 0.6) is 0 Å². The molecule has 118 valence electrons. The van der Waals surface area contributed by atoms with Crippen molar-refractivity contribution in [3.63, 3.8) is 0 Å². The number of hydrogen-bond donors (Lipinski definition) is 2. The average Bonchev–Trinajstić information content (AvgIpc) is 3.10. The highest BCUT2D eigenvalue weighted by atomic mass is 35.5. The van der Waals surface area contributed by atoms with Crippen LogP contribution in [0, 0.1) is 12.8 Å². The van der Waals surface area contributed by atoms with E-state index < -0.39 is 0 Å². The lowest BCUT2D eigenvalue weighted by Crippen LogP contribution is -2.18. The molecule has 2 N–H and O–H groups in total. The van der Waals surface area contributed by atoms with E-state index in [1.54, 1.807) is 11.3 Å². The molecule has 2 aromatic rings. The van der Waals surface area contributed by atoms with Crippen LogP contribution in [-0.4, -0.2) is 24.0 Å². The van der Waals surface area contributed by atoms with Crippen molar-refractivity contribution in [1.29, 1.82) is 0 Å². The third kappa shape index (κ3) is 4.29. The number of benzene rings is 1. The lowest BCUT2D eigenvalue weighted by molar-refractivity contribution is -0.116. The molecule has 1 aliphatic heterocycles. The van der Waals surface area contributed by atoms with Crippen molar-refractivity contribution in [2.75, 3.05) is 18.4 Å². The second-order valence-electron chi connectivity index (χ2n) is 5.44. The molecule has 4 nitrogen and oxygen atoms in total. The number of anilines is 1. The Kier molecular flexibility index (Phi) is 5.94. The fourth-order valence-corrected chi connectivity index (χ4v) is 3.24. The van der Waals surface area contributed by atoms with E-state index in [0.29, 0.717) is 12.3 Å². The summed E-state index contributed by atoms with van der Waals surface area (Å²) < 4.78 is 0. The predicted octanol–water partition coefficient (Wildman–Crippen LogP) is 3.48. The molecule has 1 amide bonds. The molecule has 1 aromatic carbocycles. The van der Waals surface area contributed by atoms with Crippen LogP contribution < -0.4 is 10.6 Å². The number of carbonyl (C=O) groups excluding carboxylic acids is 1. The monoisotopic (exact) mass is 337 g/mol. The molecule has 1 fully saturated rings. The molecule has 1 unspecified atom stereocenters. The minimum absolute atomic E-state index is 0. The maximum absolute atomic E-state index is 12.1. The van der Waals surface area contributed by atoms with Crippen molar-refractivity contribution in [1.82, 2.24) is 10.3 Å². The Morgan fingerprint density at radius 1 is 1.50 bits per heavy atom. The normalized spacial score (nSPS) is 17.0. The van der Waals surface area contributed by atoms with Gasteiger partial charge in [0.05, 0.1) is 10.7 Å². The van der Waals surface area contributed by atoms with Crippen LogP contribution >= 0.6 is 23.7 Å². The molecule has 2 heterocycles. The third-order valence-electron chi connectivity index (χ3n) is 3.70. The maximum Gasteiger partial charge on any atom is 0.224 e. The second kappa shape index (κ2) is 7.72. The standard InChI is InChI=1S/C16H19N3OS.ClH/c1-11-18-15(10-21-11)13-3-2-4-14(8-13)19-16(20)7-12-5-6-17-9-12;/h2-4,8,10,12,17H,5-7,9H2,1H3,(H,19,20);1H. The molecule has 0 radical (unpaired) electrons. The molecule has 3 rings (SSSR count). The van der Waals surface area contributed by atoms with Gasteiger partial charge in [0.2, 0.25) is 5.91 Å². The summed E-state index contributed by atoms with van der Waals surface area (Å²) in [5, 5.41) is 9.37. The quantitative estimate of drug-likeness (QED) is 0.898. The van der Waals surface area contributed by atoms with Gasteiger partial charge in [0.15, 0.2) is 0 Å². The van der Waals surface area contributed by atoms with Gasteiger partial charge in [-0.15, -0.1) is 23.7 Å². The van der Waals surface area contributed by atoms with E-state index in [1.807, 2.05) is 36.6 Å². The molecule has 1 atom stereocenters. The first-order valence-electron chi connectivity index (χ1n) is 7.24. The number of aromatic nitrogens is 1. The number of carbonyl (C=O) groups is 1. The van der Waals surface area contributed by atoms with Gasteiger partial charge < -0.3 is 10.6 Å². The average molecular weight is 338 g/mol. The Balaban J connectivity index is 0.00000176. The van der Waals surface area contributed by atoms with Crippen LogP contribution in [0.15, 0.2) is 29.6 Å². The summed E-state index contributed by atoms with van der Waals surface area (Å²) in [5.74, 6) is 0.560. The van der Waals surface area contributed by atoms with Gasteiger partial charge in [0.25, 0.3) is 0 Å². The van der Waals surface area contributed by atoms with Crippen LogP contribution in [0.2, 0.25) is 0 Å². The van der Waals surface area contributed by atoms with Crippen molar-refractivity contribution in [3.8, 4) is 11.3 Å². The van der Waals surface area contributed by atoms with Crippen molar-refractivity contribution < 1.29 is 4.79 Å². The minimum Gasteiger partial charge on any atom is -0.326 e. The summed E-state index contributed by atoms with van der Waals surface area (Å²) in [6.07, 6.45) is 1.68. The first-order chi connectivity index (χ1) is 10.2. The number of nitrogens with one attached hydrogen (secondary N) is 2. The SMILES string of the molecule is Cc1nc(-c2cccc(NC(=O)CC3CCNC3)c2)cs1.Cl. The van der Waals surface area contributed by atoms with Crippen molar-refractivity contribution in [3.05, 3.63) is 34.7 Å². The van der Waals surface area contributed by atoms with E-state index in [0.717, 1.165) is 41.5 Å². The Bertz CT molecular complexity index is 638. The molecule has 0 spiro atoms. The van der Waals surface area contributed by atoms with Crippen LogP contribution in [0.3, 0.4) is 0 Å². The highest BCUT2D eigenvalue weighted by Crippen LogP contribution is 2.24. The maximum atomic E-state index is 12.1. The van der Waals surface area contributed by atoms with E-state index in [4.69, 9.17) is 0 Å². The van der Waals surface area contributed by atoms with Crippen molar-refractivity contribution >= 4 is 35.3 Å². The number of aryl methyl sites for hydroxylation is 1. The molecule has 22 heavy (non-hydrogen) atoms. The summed E-state index contributed by atoms with van der Waals surface area (Å²) in [7, 11) is 0. The molecule has 0 aliphatic carbocycles. The topological polar surface area (TPSA) is 54.0 Å². The van der Waals surface area contributed by atoms with E-state index >= 15 is 0 Å². The largest absolute Gasteiger partial charge is 0.326 e. The Hall–Kier alpha value is -1.43. The van der Waals surface area contributed by atoms with Crippen molar-refractivity contribution in [2.24, 2.45) is 5.92 Å². The van der Waals surface area contributed by atoms with Gasteiger partial charge in [0, 0.05) is 23.1 Å². The zero-order valence-corrected chi connectivity index (χ0v) is 14.1. The molecule has 0 saturated carbocycles. The first-order valence-corrected chi connectivity index (χ1v) is 8.12. The molecule has 0 bridgehead atoms. The number of hydrogen-bond acceptors (Lipinski definition) is 4. The van der Waals surface area contributed by atoms with Gasteiger partial charge in [-0.3, -0.25) is 4.79 Å². The van der Waals surface area contributed by atoms with Gasteiger partial charge in [-0.25, -0.2) is 4.98 Å². The van der Waals surface area contributed by atoms with E-state index in [-0.39, 0.29) is 18.3 Å². The Morgan fingerprint density at radius 2 is 2.36 bits per heavy atom. The number of nitrogens with zero attached hydrogens (tertiary/aromatic N) is 1. The highest BCUT2D eigenvalue weighted by Gasteiger charge is 2.18. The van der Waals surface area contributed by atoms with E-state index in [2.05, 4.69) is 15.6 Å². The Labute approximate surface area is 140 Å². The molecule has 6 heteroatoms. The lowest BCUT2D eigenvalue weighted by atomic mass is 10.0. The second-order valence-corrected chi connectivity index (χ2v) is 6.51. The molecular weight excluding hydrogens is 318 g/mol. The van der Waals surface area contributed by atoms with Crippen molar-refractivity contribution in [2.45, 2.75) is 19.8 Å². The summed E-state index contributed by atoms with van der Waals surface area (Å²) in [4.78, 5) is 16.5. The molecular formula is C16H20ClN3OS. The van der Waals surface area contributed by atoms with Gasteiger partial charge in [0.1, 0.15) is 0 Å². The zero-order chi connectivity index (χ0) is 14.7. The Morgan fingerprint density at radius 3 is 3.05 bits per heavy atom. The number of thiazole rings is 1. The summed E-state index contributed by atoms with van der Waals surface area (Å²) >= 11 is 1.63.